The number of amidine groups is 1. The lowest BCUT2D eigenvalue weighted by molar-refractivity contribution is -0.274. The maximum Gasteiger partial charge on any atom is 0.573 e. The lowest BCUT2D eigenvalue weighted by atomic mass is 10.2. The number of nitrogens with zero attached hydrogens (tertiary/aromatic N) is 2. The van der Waals surface area contributed by atoms with Gasteiger partial charge in [0.05, 0.1) is 10.4 Å². The van der Waals surface area contributed by atoms with Gasteiger partial charge in [0.1, 0.15) is 11.4 Å². The molecule has 2 aromatic carbocycles. The van der Waals surface area contributed by atoms with E-state index in [4.69, 9.17) is 5.73 Å². The van der Waals surface area contributed by atoms with Crippen molar-refractivity contribution >= 4 is 33.1 Å². The molecular weight excluding hydrogens is 327 g/mol. The molecule has 0 unspecified atom stereocenters. The highest BCUT2D eigenvalue weighted by Crippen LogP contribution is 2.26. The van der Waals surface area contributed by atoms with Crippen LogP contribution in [-0.2, 0) is 0 Å². The SMILES string of the molecule is NC(=Nc1ccc(OC(F)(F)F)cc1)c1nsc2ccccc12. The average Bonchev–Trinajstić information content (AvgIpc) is 2.92. The van der Waals surface area contributed by atoms with Crippen LogP contribution in [0.1, 0.15) is 5.69 Å². The van der Waals surface area contributed by atoms with Crippen molar-refractivity contribution in [2.75, 3.05) is 0 Å². The number of alkyl halides is 3. The van der Waals surface area contributed by atoms with E-state index in [-0.39, 0.29) is 11.6 Å². The van der Waals surface area contributed by atoms with Gasteiger partial charge in [0, 0.05) is 5.39 Å². The van der Waals surface area contributed by atoms with E-state index >= 15 is 0 Å². The minimum atomic E-state index is -4.72. The Morgan fingerprint density at radius 2 is 1.78 bits per heavy atom. The van der Waals surface area contributed by atoms with Crippen LogP contribution < -0.4 is 10.5 Å². The van der Waals surface area contributed by atoms with Crippen LogP contribution in [0.25, 0.3) is 10.1 Å². The zero-order valence-corrected chi connectivity index (χ0v) is 12.4. The number of halogens is 3. The van der Waals surface area contributed by atoms with Gasteiger partial charge in [-0.15, -0.1) is 13.2 Å². The van der Waals surface area contributed by atoms with Crippen molar-refractivity contribution in [3.63, 3.8) is 0 Å². The molecule has 23 heavy (non-hydrogen) atoms. The van der Waals surface area contributed by atoms with Crippen LogP contribution in [0.15, 0.2) is 53.5 Å². The molecule has 0 atom stereocenters. The van der Waals surface area contributed by atoms with Crippen LogP contribution in [0, 0.1) is 0 Å². The Kier molecular flexibility index (Phi) is 3.91. The maximum atomic E-state index is 12.1. The molecule has 0 saturated carbocycles. The Morgan fingerprint density at radius 1 is 1.09 bits per heavy atom. The second-order valence-corrected chi connectivity index (χ2v) is 5.37. The number of hydrogen-bond acceptors (Lipinski definition) is 4. The molecule has 1 aromatic heterocycles. The molecular formula is C15H10F3N3OS. The summed E-state index contributed by atoms with van der Waals surface area (Å²) in [7, 11) is 0. The molecule has 1 heterocycles. The van der Waals surface area contributed by atoms with Crippen molar-refractivity contribution < 1.29 is 17.9 Å². The zero-order chi connectivity index (χ0) is 16.4. The number of aliphatic imine (C=N–C) groups is 1. The topological polar surface area (TPSA) is 60.5 Å². The Balaban J connectivity index is 1.86. The molecule has 0 saturated heterocycles. The molecule has 0 fully saturated rings. The quantitative estimate of drug-likeness (QED) is 0.575. The highest BCUT2D eigenvalue weighted by molar-refractivity contribution is 7.13. The van der Waals surface area contributed by atoms with Crippen LogP contribution in [-0.4, -0.2) is 16.6 Å². The van der Waals surface area contributed by atoms with Gasteiger partial charge >= 0.3 is 6.36 Å². The Hall–Kier alpha value is -2.61. The number of nitrogens with two attached hydrogens (primary N) is 1. The summed E-state index contributed by atoms with van der Waals surface area (Å²) in [5.74, 6) is -0.110. The van der Waals surface area contributed by atoms with Gasteiger partial charge in [-0.25, -0.2) is 4.99 Å². The largest absolute Gasteiger partial charge is 0.573 e. The predicted octanol–water partition coefficient (Wildman–Crippen LogP) is 4.23. The van der Waals surface area contributed by atoms with Gasteiger partial charge in [-0.3, -0.25) is 0 Å². The van der Waals surface area contributed by atoms with E-state index in [0.29, 0.717) is 11.4 Å². The molecule has 8 heteroatoms. The standard InChI is InChI=1S/C15H10F3N3OS/c16-15(17,18)22-10-7-5-9(6-8-10)20-14(19)13-11-3-1-2-4-12(11)23-21-13/h1-8H,(H2,19,20). The molecule has 0 bridgehead atoms. The summed E-state index contributed by atoms with van der Waals surface area (Å²) in [6.07, 6.45) is -4.72. The smallest absolute Gasteiger partial charge is 0.406 e. The predicted molar refractivity (Wildman–Crippen MR) is 83.1 cm³/mol. The van der Waals surface area contributed by atoms with E-state index in [2.05, 4.69) is 14.1 Å². The Morgan fingerprint density at radius 3 is 2.48 bits per heavy atom. The van der Waals surface area contributed by atoms with E-state index in [1.807, 2.05) is 24.3 Å². The van der Waals surface area contributed by atoms with Crippen LogP contribution >= 0.6 is 11.5 Å². The highest BCUT2D eigenvalue weighted by Gasteiger charge is 2.30. The van der Waals surface area contributed by atoms with Crippen molar-refractivity contribution in [1.82, 2.24) is 4.37 Å². The van der Waals surface area contributed by atoms with Crippen molar-refractivity contribution in [1.29, 1.82) is 0 Å². The fourth-order valence-corrected chi connectivity index (χ4v) is 2.77. The van der Waals surface area contributed by atoms with Crippen LogP contribution in [0.3, 0.4) is 0 Å². The fourth-order valence-electron chi connectivity index (χ4n) is 1.98. The third-order valence-electron chi connectivity index (χ3n) is 2.94. The second-order valence-electron chi connectivity index (χ2n) is 4.57. The fraction of sp³-hybridized carbons (Fsp3) is 0.0667. The third kappa shape index (κ3) is 3.59. The summed E-state index contributed by atoms with van der Waals surface area (Å²) in [5.41, 5.74) is 6.93. The van der Waals surface area contributed by atoms with Crippen molar-refractivity contribution in [3.8, 4) is 5.75 Å². The molecule has 3 rings (SSSR count). The molecule has 0 radical (unpaired) electrons. The number of ether oxygens (including phenoxy) is 1. The molecule has 3 aromatic rings. The van der Waals surface area contributed by atoms with Crippen molar-refractivity contribution in [2.45, 2.75) is 6.36 Å². The number of fused-ring (bicyclic) bond motifs is 1. The number of benzene rings is 2. The van der Waals surface area contributed by atoms with Crippen LogP contribution in [0.2, 0.25) is 0 Å². The lowest BCUT2D eigenvalue weighted by Crippen LogP contribution is -2.17. The molecule has 4 nitrogen and oxygen atoms in total. The minimum absolute atomic E-state index is 0.201. The van der Waals surface area contributed by atoms with Crippen molar-refractivity contribution in [3.05, 3.63) is 54.2 Å². The summed E-state index contributed by atoms with van der Waals surface area (Å²) in [6.45, 7) is 0. The Bertz CT molecular complexity index is 856. The number of hydrogen-bond donors (Lipinski definition) is 1. The molecule has 0 amide bonds. The van der Waals surface area contributed by atoms with Crippen LogP contribution in [0.5, 0.6) is 5.75 Å². The third-order valence-corrected chi connectivity index (χ3v) is 3.77. The highest BCUT2D eigenvalue weighted by atomic mass is 32.1. The number of aromatic nitrogens is 1. The second kappa shape index (κ2) is 5.88. The number of rotatable bonds is 3. The van der Waals surface area contributed by atoms with E-state index in [0.717, 1.165) is 10.1 Å². The van der Waals surface area contributed by atoms with Gasteiger partial charge in [0.25, 0.3) is 0 Å². The molecule has 0 aliphatic carbocycles. The first-order valence-corrected chi connectivity index (χ1v) is 7.24. The maximum absolute atomic E-state index is 12.1. The van der Waals surface area contributed by atoms with Crippen LogP contribution in [0.4, 0.5) is 18.9 Å². The first-order chi connectivity index (χ1) is 10.9. The first kappa shape index (κ1) is 15.3. The summed E-state index contributed by atoms with van der Waals surface area (Å²) < 4.78 is 45.4. The van der Waals surface area contributed by atoms with Gasteiger partial charge in [0.15, 0.2) is 5.84 Å². The van der Waals surface area contributed by atoms with E-state index < -0.39 is 6.36 Å². The Labute approximate surface area is 133 Å². The molecule has 2 N–H and O–H groups in total. The van der Waals surface area contributed by atoms with Gasteiger partial charge in [-0.1, -0.05) is 18.2 Å². The molecule has 0 spiro atoms. The summed E-state index contributed by atoms with van der Waals surface area (Å²) in [5, 5.41) is 0.885. The van der Waals surface area contributed by atoms with E-state index in [1.54, 1.807) is 0 Å². The van der Waals surface area contributed by atoms with Gasteiger partial charge in [0.2, 0.25) is 0 Å². The minimum Gasteiger partial charge on any atom is -0.406 e. The monoisotopic (exact) mass is 337 g/mol. The lowest BCUT2D eigenvalue weighted by Gasteiger charge is -2.08. The van der Waals surface area contributed by atoms with E-state index in [1.165, 1.54) is 35.8 Å². The molecule has 118 valence electrons. The van der Waals surface area contributed by atoms with Gasteiger partial charge < -0.3 is 10.5 Å². The zero-order valence-electron chi connectivity index (χ0n) is 11.5. The average molecular weight is 337 g/mol. The van der Waals surface area contributed by atoms with E-state index in [9.17, 15) is 13.2 Å². The summed E-state index contributed by atoms with van der Waals surface area (Å²) >= 11 is 1.31. The normalized spacial score (nSPS) is 12.6. The molecule has 0 aliphatic heterocycles. The van der Waals surface area contributed by atoms with Crippen molar-refractivity contribution in [2.24, 2.45) is 10.7 Å². The molecule has 0 aliphatic rings. The van der Waals surface area contributed by atoms with Gasteiger partial charge in [-0.2, -0.15) is 4.37 Å². The first-order valence-electron chi connectivity index (χ1n) is 6.47. The van der Waals surface area contributed by atoms with Gasteiger partial charge in [-0.05, 0) is 41.9 Å². The summed E-state index contributed by atoms with van der Waals surface area (Å²) in [6, 6.07) is 12.7. The summed E-state index contributed by atoms with van der Waals surface area (Å²) in [4.78, 5) is 4.19.